The SMILES string of the molecule is CCCC1(CNCCOCCCOC)CC1. The summed E-state index contributed by atoms with van der Waals surface area (Å²) in [6.45, 7) is 6.88. The highest BCUT2D eigenvalue weighted by Gasteiger charge is 2.40. The van der Waals surface area contributed by atoms with Gasteiger partial charge in [-0.15, -0.1) is 0 Å². The van der Waals surface area contributed by atoms with Gasteiger partial charge in [-0.25, -0.2) is 0 Å². The van der Waals surface area contributed by atoms with Crippen LogP contribution in [0.4, 0.5) is 0 Å². The smallest absolute Gasteiger partial charge is 0.0590 e. The zero-order chi connectivity index (χ0) is 11.7. The van der Waals surface area contributed by atoms with Crippen molar-refractivity contribution < 1.29 is 9.47 Å². The van der Waals surface area contributed by atoms with Gasteiger partial charge in [0.1, 0.15) is 0 Å². The van der Waals surface area contributed by atoms with Crippen molar-refractivity contribution in [3.63, 3.8) is 0 Å². The lowest BCUT2D eigenvalue weighted by atomic mass is 10.0. The van der Waals surface area contributed by atoms with Gasteiger partial charge in [0.15, 0.2) is 0 Å². The van der Waals surface area contributed by atoms with Crippen LogP contribution in [-0.4, -0.2) is 40.0 Å². The summed E-state index contributed by atoms with van der Waals surface area (Å²) < 4.78 is 10.4. The Balaban J connectivity index is 1.81. The Labute approximate surface area is 99.9 Å². The standard InChI is InChI=1S/C13H27NO2/c1-3-5-13(6-7-13)12-14-8-11-16-10-4-9-15-2/h14H,3-12H2,1-2H3. The van der Waals surface area contributed by atoms with E-state index in [1.807, 2.05) is 0 Å². The minimum atomic E-state index is 0.658. The van der Waals surface area contributed by atoms with Gasteiger partial charge in [-0.05, 0) is 31.1 Å². The fourth-order valence-electron chi connectivity index (χ4n) is 2.13. The monoisotopic (exact) mass is 229 g/mol. The molecule has 1 fully saturated rings. The lowest BCUT2D eigenvalue weighted by Gasteiger charge is -2.14. The largest absolute Gasteiger partial charge is 0.385 e. The molecule has 0 aromatic rings. The third-order valence-electron chi connectivity index (χ3n) is 3.30. The first kappa shape index (κ1) is 13.9. The second kappa shape index (κ2) is 8.04. The molecule has 1 N–H and O–H groups in total. The molecule has 0 aliphatic heterocycles. The number of rotatable bonds is 11. The maximum Gasteiger partial charge on any atom is 0.0590 e. The lowest BCUT2D eigenvalue weighted by molar-refractivity contribution is 0.103. The van der Waals surface area contributed by atoms with Crippen LogP contribution >= 0.6 is 0 Å². The van der Waals surface area contributed by atoms with Crippen molar-refractivity contribution in [1.29, 1.82) is 0 Å². The van der Waals surface area contributed by atoms with Gasteiger partial charge in [-0.3, -0.25) is 0 Å². The first-order valence-corrected chi connectivity index (χ1v) is 6.60. The molecule has 3 heteroatoms. The van der Waals surface area contributed by atoms with Crippen LogP contribution < -0.4 is 5.32 Å². The van der Waals surface area contributed by atoms with Crippen LogP contribution in [0.3, 0.4) is 0 Å². The van der Waals surface area contributed by atoms with E-state index in [1.165, 1.54) is 32.2 Å². The minimum Gasteiger partial charge on any atom is -0.385 e. The van der Waals surface area contributed by atoms with Crippen molar-refractivity contribution in [2.24, 2.45) is 5.41 Å². The summed E-state index contributed by atoms with van der Waals surface area (Å²) in [5.74, 6) is 0. The van der Waals surface area contributed by atoms with Crippen molar-refractivity contribution in [3.05, 3.63) is 0 Å². The van der Waals surface area contributed by atoms with Gasteiger partial charge in [-0.1, -0.05) is 13.3 Å². The Morgan fingerprint density at radius 2 is 2.00 bits per heavy atom. The molecule has 3 nitrogen and oxygen atoms in total. The molecule has 0 aromatic heterocycles. The summed E-state index contributed by atoms with van der Waals surface area (Å²) in [4.78, 5) is 0. The number of hydrogen-bond acceptors (Lipinski definition) is 3. The van der Waals surface area contributed by atoms with Crippen LogP contribution in [0.25, 0.3) is 0 Å². The lowest BCUT2D eigenvalue weighted by Crippen LogP contribution is -2.27. The summed E-state index contributed by atoms with van der Waals surface area (Å²) in [7, 11) is 1.73. The molecule has 0 atom stereocenters. The average Bonchev–Trinajstić information content (AvgIpc) is 3.03. The van der Waals surface area contributed by atoms with Crippen molar-refractivity contribution in [2.75, 3.05) is 40.0 Å². The van der Waals surface area contributed by atoms with Crippen molar-refractivity contribution in [1.82, 2.24) is 5.32 Å². The summed E-state index contributed by atoms with van der Waals surface area (Å²) in [6, 6.07) is 0. The van der Waals surface area contributed by atoms with Crippen molar-refractivity contribution in [2.45, 2.75) is 39.0 Å². The van der Waals surface area contributed by atoms with Crippen molar-refractivity contribution in [3.8, 4) is 0 Å². The number of methoxy groups -OCH3 is 1. The number of nitrogens with one attached hydrogen (secondary N) is 1. The second-order valence-electron chi connectivity index (χ2n) is 4.89. The molecule has 0 radical (unpaired) electrons. The molecule has 1 aliphatic rings. The predicted octanol–water partition coefficient (Wildman–Crippen LogP) is 2.21. The maximum atomic E-state index is 5.49. The molecule has 0 heterocycles. The van der Waals surface area contributed by atoms with Crippen LogP contribution in [0.15, 0.2) is 0 Å². The highest BCUT2D eigenvalue weighted by molar-refractivity contribution is 4.94. The zero-order valence-electron chi connectivity index (χ0n) is 10.9. The molecule has 0 amide bonds. The quantitative estimate of drug-likeness (QED) is 0.551. The van der Waals surface area contributed by atoms with Crippen LogP contribution in [0.2, 0.25) is 0 Å². The molecular formula is C13H27NO2. The van der Waals surface area contributed by atoms with E-state index >= 15 is 0 Å². The van der Waals surface area contributed by atoms with E-state index in [0.717, 1.165) is 32.8 Å². The van der Waals surface area contributed by atoms with E-state index in [1.54, 1.807) is 7.11 Å². The van der Waals surface area contributed by atoms with E-state index in [-0.39, 0.29) is 0 Å². The minimum absolute atomic E-state index is 0.658. The summed E-state index contributed by atoms with van der Waals surface area (Å²) in [5.41, 5.74) is 0.658. The molecular weight excluding hydrogens is 202 g/mol. The summed E-state index contributed by atoms with van der Waals surface area (Å²) >= 11 is 0. The highest BCUT2D eigenvalue weighted by Crippen LogP contribution is 2.48. The molecule has 0 unspecified atom stereocenters. The fraction of sp³-hybridized carbons (Fsp3) is 1.00. The van der Waals surface area contributed by atoms with Gasteiger partial charge < -0.3 is 14.8 Å². The van der Waals surface area contributed by atoms with E-state index in [2.05, 4.69) is 12.2 Å². The molecule has 16 heavy (non-hydrogen) atoms. The molecule has 96 valence electrons. The Bertz CT molecular complexity index is 169. The Kier molecular flexibility index (Phi) is 7.01. The topological polar surface area (TPSA) is 30.5 Å². The Hall–Kier alpha value is -0.120. The highest BCUT2D eigenvalue weighted by atomic mass is 16.5. The third-order valence-corrected chi connectivity index (χ3v) is 3.30. The van der Waals surface area contributed by atoms with Gasteiger partial charge in [0.25, 0.3) is 0 Å². The van der Waals surface area contributed by atoms with E-state index in [9.17, 15) is 0 Å². The molecule has 0 aromatic carbocycles. The molecule has 0 spiro atoms. The molecule has 0 bridgehead atoms. The predicted molar refractivity (Wildman–Crippen MR) is 66.8 cm³/mol. The van der Waals surface area contributed by atoms with Crippen molar-refractivity contribution >= 4 is 0 Å². The van der Waals surface area contributed by atoms with Crippen LogP contribution in [0, 0.1) is 5.41 Å². The van der Waals surface area contributed by atoms with Gasteiger partial charge in [0, 0.05) is 33.4 Å². The van der Waals surface area contributed by atoms with Crippen LogP contribution in [0.1, 0.15) is 39.0 Å². The first-order valence-electron chi connectivity index (χ1n) is 6.60. The van der Waals surface area contributed by atoms with E-state index in [4.69, 9.17) is 9.47 Å². The fourth-order valence-corrected chi connectivity index (χ4v) is 2.13. The number of hydrogen-bond donors (Lipinski definition) is 1. The zero-order valence-corrected chi connectivity index (χ0v) is 10.9. The van der Waals surface area contributed by atoms with Crippen LogP contribution in [0.5, 0.6) is 0 Å². The number of ether oxygens (including phenoxy) is 2. The van der Waals surface area contributed by atoms with Crippen LogP contribution in [-0.2, 0) is 9.47 Å². The summed E-state index contributed by atoms with van der Waals surface area (Å²) in [5, 5.41) is 3.51. The van der Waals surface area contributed by atoms with Gasteiger partial charge in [-0.2, -0.15) is 0 Å². The van der Waals surface area contributed by atoms with E-state index in [0.29, 0.717) is 5.41 Å². The molecule has 0 saturated heterocycles. The van der Waals surface area contributed by atoms with Gasteiger partial charge >= 0.3 is 0 Å². The second-order valence-corrected chi connectivity index (χ2v) is 4.89. The summed E-state index contributed by atoms with van der Waals surface area (Å²) in [6.07, 6.45) is 6.53. The Morgan fingerprint density at radius 1 is 1.19 bits per heavy atom. The maximum absolute atomic E-state index is 5.49. The van der Waals surface area contributed by atoms with Gasteiger partial charge in [0.2, 0.25) is 0 Å². The molecule has 1 aliphatic carbocycles. The third kappa shape index (κ3) is 5.83. The van der Waals surface area contributed by atoms with Gasteiger partial charge in [0.05, 0.1) is 6.61 Å². The van der Waals surface area contributed by atoms with E-state index < -0.39 is 0 Å². The molecule has 1 rings (SSSR count). The molecule has 1 saturated carbocycles. The average molecular weight is 229 g/mol. The normalized spacial score (nSPS) is 17.6. The first-order chi connectivity index (χ1) is 7.83. The Morgan fingerprint density at radius 3 is 2.62 bits per heavy atom.